The van der Waals surface area contributed by atoms with Crippen LogP contribution >= 0.6 is 27.5 Å². The summed E-state index contributed by atoms with van der Waals surface area (Å²) in [5, 5.41) is 1.37. The number of aryl methyl sites for hydroxylation is 1. The first-order valence-corrected chi connectivity index (χ1v) is 5.80. The van der Waals surface area contributed by atoms with Gasteiger partial charge >= 0.3 is 0 Å². The molecule has 0 aliphatic rings. The number of pyridine rings is 1. The minimum absolute atomic E-state index is 0.577. The number of fused-ring (bicyclic) bond motifs is 1. The second-order valence-electron chi connectivity index (χ2n) is 3.43. The molecule has 2 aromatic rings. The second kappa shape index (κ2) is 4.11. The molecule has 0 saturated heterocycles. The van der Waals surface area contributed by atoms with Crippen LogP contribution in [0.2, 0.25) is 5.02 Å². The fourth-order valence-corrected chi connectivity index (χ4v) is 2.09. The Morgan fingerprint density at radius 3 is 2.75 bits per heavy atom. The minimum Gasteiger partial charge on any atom is -0.494 e. The van der Waals surface area contributed by atoms with E-state index in [9.17, 15) is 0 Å². The van der Waals surface area contributed by atoms with Crippen molar-refractivity contribution in [3.05, 3.63) is 27.3 Å². The Labute approximate surface area is 107 Å². The Hall–Kier alpha value is -1.00. The van der Waals surface area contributed by atoms with Crippen molar-refractivity contribution in [2.24, 2.45) is 0 Å². The number of nitrogens with two attached hydrogens (primary N) is 1. The van der Waals surface area contributed by atoms with Crippen LogP contribution in [0.15, 0.2) is 16.6 Å². The van der Waals surface area contributed by atoms with Crippen LogP contribution in [0.5, 0.6) is 5.75 Å². The van der Waals surface area contributed by atoms with E-state index >= 15 is 0 Å². The molecule has 0 spiro atoms. The van der Waals surface area contributed by atoms with E-state index in [1.807, 2.05) is 6.92 Å². The quantitative estimate of drug-likeness (QED) is 0.876. The van der Waals surface area contributed by atoms with Gasteiger partial charge in [0.25, 0.3) is 0 Å². The third-order valence-electron chi connectivity index (χ3n) is 2.38. The first-order chi connectivity index (χ1) is 7.54. The van der Waals surface area contributed by atoms with Crippen molar-refractivity contribution >= 4 is 44.1 Å². The van der Waals surface area contributed by atoms with Gasteiger partial charge in [-0.15, -0.1) is 0 Å². The molecule has 0 aliphatic heterocycles. The lowest BCUT2D eigenvalue weighted by molar-refractivity contribution is 0.419. The van der Waals surface area contributed by atoms with Gasteiger partial charge in [-0.3, -0.25) is 0 Å². The third kappa shape index (κ3) is 1.72. The lowest BCUT2D eigenvalue weighted by Gasteiger charge is -2.10. The predicted octanol–water partition coefficient (Wildman–Crippen LogP) is 3.55. The first-order valence-electron chi connectivity index (χ1n) is 4.63. The Balaban J connectivity index is 2.94. The number of benzene rings is 1. The van der Waals surface area contributed by atoms with Crippen LogP contribution in [0.4, 0.5) is 5.69 Å². The maximum absolute atomic E-state index is 6.01. The molecular formula is C11H10BrClN2O. The SMILES string of the molecule is COc1cc(Cl)cc2c(N)c(Br)c(C)nc12. The normalized spacial score (nSPS) is 10.8. The molecule has 0 aliphatic carbocycles. The van der Waals surface area contributed by atoms with Crippen molar-refractivity contribution in [2.45, 2.75) is 6.92 Å². The van der Waals surface area contributed by atoms with Crippen LogP contribution in [-0.2, 0) is 0 Å². The Morgan fingerprint density at radius 2 is 2.12 bits per heavy atom. The number of hydrogen-bond acceptors (Lipinski definition) is 3. The highest BCUT2D eigenvalue weighted by Crippen LogP contribution is 2.36. The molecule has 0 bridgehead atoms. The van der Waals surface area contributed by atoms with Gasteiger partial charge in [0.1, 0.15) is 11.3 Å². The summed E-state index contributed by atoms with van der Waals surface area (Å²) in [6, 6.07) is 3.51. The van der Waals surface area contributed by atoms with Crippen LogP contribution in [0.1, 0.15) is 5.69 Å². The smallest absolute Gasteiger partial charge is 0.146 e. The monoisotopic (exact) mass is 300 g/mol. The van der Waals surface area contributed by atoms with Crippen LogP contribution in [0.25, 0.3) is 10.9 Å². The predicted molar refractivity (Wildman–Crippen MR) is 70.2 cm³/mol. The van der Waals surface area contributed by atoms with E-state index in [2.05, 4.69) is 20.9 Å². The number of nitrogen functional groups attached to an aromatic ring is 1. The lowest BCUT2D eigenvalue weighted by Crippen LogP contribution is -1.97. The zero-order chi connectivity index (χ0) is 11.9. The Bertz CT molecular complexity index is 572. The number of methoxy groups -OCH3 is 1. The van der Waals surface area contributed by atoms with E-state index in [1.165, 1.54) is 0 Å². The fraction of sp³-hybridized carbons (Fsp3) is 0.182. The summed E-state index contributed by atoms with van der Waals surface area (Å²) < 4.78 is 6.04. The average molecular weight is 302 g/mol. The molecule has 0 amide bonds. The van der Waals surface area contributed by atoms with Crippen molar-refractivity contribution in [3.8, 4) is 5.75 Å². The molecule has 16 heavy (non-hydrogen) atoms. The highest BCUT2D eigenvalue weighted by molar-refractivity contribution is 9.10. The van der Waals surface area contributed by atoms with E-state index in [4.69, 9.17) is 22.1 Å². The third-order valence-corrected chi connectivity index (χ3v) is 3.60. The van der Waals surface area contributed by atoms with Crippen LogP contribution < -0.4 is 10.5 Å². The first kappa shape index (κ1) is 11.5. The molecule has 0 radical (unpaired) electrons. The Kier molecular flexibility index (Phi) is 2.95. The molecule has 1 heterocycles. The number of anilines is 1. The van der Waals surface area contributed by atoms with E-state index in [0.29, 0.717) is 16.5 Å². The van der Waals surface area contributed by atoms with Crippen LogP contribution in [-0.4, -0.2) is 12.1 Å². The summed E-state index contributed by atoms with van der Waals surface area (Å²) in [6.07, 6.45) is 0. The number of ether oxygens (including phenoxy) is 1. The van der Waals surface area contributed by atoms with E-state index in [1.54, 1.807) is 19.2 Å². The maximum atomic E-state index is 6.01. The number of aromatic nitrogens is 1. The molecule has 5 heteroatoms. The number of halogens is 2. The van der Waals surface area contributed by atoms with Gasteiger partial charge in [-0.1, -0.05) is 11.6 Å². The van der Waals surface area contributed by atoms with Gasteiger partial charge in [0.15, 0.2) is 0 Å². The highest BCUT2D eigenvalue weighted by Gasteiger charge is 2.12. The zero-order valence-electron chi connectivity index (χ0n) is 8.84. The van der Waals surface area contributed by atoms with Gasteiger partial charge in [0, 0.05) is 16.5 Å². The van der Waals surface area contributed by atoms with Gasteiger partial charge in [-0.25, -0.2) is 4.98 Å². The fourth-order valence-electron chi connectivity index (χ4n) is 1.58. The maximum Gasteiger partial charge on any atom is 0.146 e. The molecule has 2 rings (SSSR count). The van der Waals surface area contributed by atoms with Gasteiger partial charge < -0.3 is 10.5 Å². The molecule has 84 valence electrons. The number of nitrogens with zero attached hydrogens (tertiary/aromatic N) is 1. The van der Waals surface area contributed by atoms with E-state index < -0.39 is 0 Å². The average Bonchev–Trinajstić information content (AvgIpc) is 2.26. The molecule has 0 unspecified atom stereocenters. The summed E-state index contributed by atoms with van der Waals surface area (Å²) in [4.78, 5) is 4.44. The molecule has 0 atom stereocenters. The summed E-state index contributed by atoms with van der Waals surface area (Å²) >= 11 is 9.39. The van der Waals surface area contributed by atoms with Gasteiger partial charge in [0.2, 0.25) is 0 Å². The zero-order valence-corrected chi connectivity index (χ0v) is 11.2. The molecule has 1 aromatic heterocycles. The molecular weight excluding hydrogens is 291 g/mol. The van der Waals surface area contributed by atoms with E-state index in [0.717, 1.165) is 21.1 Å². The molecule has 1 aromatic carbocycles. The standard InChI is InChI=1S/C11H10BrClN2O/c1-5-9(12)10(14)7-3-6(13)4-8(16-2)11(7)15-5/h3-4H,1-2H3,(H2,14,15). The summed E-state index contributed by atoms with van der Waals surface area (Å²) in [6.45, 7) is 1.88. The van der Waals surface area contributed by atoms with Gasteiger partial charge in [-0.2, -0.15) is 0 Å². The highest BCUT2D eigenvalue weighted by atomic mass is 79.9. The van der Waals surface area contributed by atoms with Crippen LogP contribution in [0.3, 0.4) is 0 Å². The van der Waals surface area contributed by atoms with Crippen molar-refractivity contribution in [1.82, 2.24) is 4.98 Å². The largest absolute Gasteiger partial charge is 0.494 e. The lowest BCUT2D eigenvalue weighted by atomic mass is 10.1. The molecule has 2 N–H and O–H groups in total. The van der Waals surface area contributed by atoms with Crippen molar-refractivity contribution in [2.75, 3.05) is 12.8 Å². The number of hydrogen-bond donors (Lipinski definition) is 1. The van der Waals surface area contributed by atoms with Crippen molar-refractivity contribution in [3.63, 3.8) is 0 Å². The second-order valence-corrected chi connectivity index (χ2v) is 4.66. The summed E-state index contributed by atoms with van der Waals surface area (Å²) in [7, 11) is 1.58. The summed E-state index contributed by atoms with van der Waals surface area (Å²) in [5.41, 5.74) is 8.19. The van der Waals surface area contributed by atoms with Crippen LogP contribution in [0, 0.1) is 6.92 Å². The van der Waals surface area contributed by atoms with Crippen molar-refractivity contribution < 1.29 is 4.74 Å². The summed E-state index contributed by atoms with van der Waals surface area (Å²) in [5.74, 6) is 0.629. The van der Waals surface area contributed by atoms with Gasteiger partial charge in [-0.05, 0) is 28.9 Å². The Morgan fingerprint density at radius 1 is 1.44 bits per heavy atom. The number of rotatable bonds is 1. The molecule has 0 saturated carbocycles. The van der Waals surface area contributed by atoms with Gasteiger partial charge in [0.05, 0.1) is 23.0 Å². The topological polar surface area (TPSA) is 48.1 Å². The molecule has 3 nitrogen and oxygen atoms in total. The van der Waals surface area contributed by atoms with E-state index in [-0.39, 0.29) is 0 Å². The van der Waals surface area contributed by atoms with Crippen molar-refractivity contribution in [1.29, 1.82) is 0 Å². The minimum atomic E-state index is 0.577. The molecule has 0 fully saturated rings.